The van der Waals surface area contributed by atoms with Crippen LogP contribution in [0.25, 0.3) is 0 Å². The first kappa shape index (κ1) is 20.6. The fourth-order valence-electron chi connectivity index (χ4n) is 3.51. The maximum Gasteiger partial charge on any atom is 0.409 e. The molecule has 2 aliphatic heterocycles. The first-order valence-corrected chi connectivity index (χ1v) is 11.2. The molecule has 0 radical (unpaired) electrons. The predicted molar refractivity (Wildman–Crippen MR) is 104 cm³/mol. The number of sulfonamides is 1. The zero-order valence-corrected chi connectivity index (χ0v) is 17.0. The van der Waals surface area contributed by atoms with Crippen LogP contribution in [-0.2, 0) is 14.8 Å². The van der Waals surface area contributed by atoms with Gasteiger partial charge in [-0.2, -0.15) is 4.31 Å². The van der Waals surface area contributed by atoms with Crippen molar-refractivity contribution in [2.45, 2.75) is 31.1 Å². The Labute approximate surface area is 166 Å². The zero-order chi connectivity index (χ0) is 20.1. The SMILES string of the molecule is CCOC(=O)N1CCN(C(=O)c2ccc(S(=O)(=O)N3CCCCC3)cc2)CC1. The molecule has 2 heterocycles. The highest BCUT2D eigenvalue weighted by Gasteiger charge is 2.28. The van der Waals surface area contributed by atoms with Gasteiger partial charge in [-0.25, -0.2) is 13.2 Å². The Kier molecular flexibility index (Phi) is 6.56. The maximum atomic E-state index is 12.7. The normalized spacial score (nSPS) is 18.8. The molecule has 2 amide bonds. The van der Waals surface area contributed by atoms with Gasteiger partial charge in [-0.05, 0) is 44.0 Å². The highest BCUT2D eigenvalue weighted by molar-refractivity contribution is 7.89. The molecule has 0 bridgehead atoms. The predicted octanol–water partition coefficient (Wildman–Crippen LogP) is 1.78. The van der Waals surface area contributed by atoms with Gasteiger partial charge in [0.1, 0.15) is 0 Å². The lowest BCUT2D eigenvalue weighted by molar-refractivity contribution is 0.0570. The molecule has 154 valence electrons. The van der Waals surface area contributed by atoms with Crippen LogP contribution in [0.4, 0.5) is 4.79 Å². The monoisotopic (exact) mass is 409 g/mol. The van der Waals surface area contributed by atoms with Gasteiger partial charge in [0.15, 0.2) is 0 Å². The summed E-state index contributed by atoms with van der Waals surface area (Å²) in [4.78, 5) is 27.9. The second kappa shape index (κ2) is 8.91. The lowest BCUT2D eigenvalue weighted by Crippen LogP contribution is -2.50. The summed E-state index contributed by atoms with van der Waals surface area (Å²) >= 11 is 0. The van der Waals surface area contributed by atoms with Crippen molar-refractivity contribution in [2.24, 2.45) is 0 Å². The van der Waals surface area contributed by atoms with E-state index in [1.165, 1.54) is 16.4 Å². The summed E-state index contributed by atoms with van der Waals surface area (Å²) in [5.74, 6) is -0.162. The van der Waals surface area contributed by atoms with Crippen LogP contribution >= 0.6 is 0 Å². The summed E-state index contributed by atoms with van der Waals surface area (Å²) in [6.07, 6.45) is 2.46. The third-order valence-electron chi connectivity index (χ3n) is 5.15. The lowest BCUT2D eigenvalue weighted by atomic mass is 10.2. The Morgan fingerprint density at radius 2 is 1.46 bits per heavy atom. The van der Waals surface area contributed by atoms with Crippen LogP contribution in [0.1, 0.15) is 36.5 Å². The van der Waals surface area contributed by atoms with E-state index < -0.39 is 10.0 Å². The van der Waals surface area contributed by atoms with Crippen molar-refractivity contribution in [3.63, 3.8) is 0 Å². The molecule has 0 N–H and O–H groups in total. The first-order valence-electron chi connectivity index (χ1n) is 9.74. The largest absolute Gasteiger partial charge is 0.450 e. The van der Waals surface area contributed by atoms with E-state index in [0.29, 0.717) is 51.4 Å². The van der Waals surface area contributed by atoms with Crippen LogP contribution in [0.2, 0.25) is 0 Å². The maximum absolute atomic E-state index is 12.7. The Bertz CT molecular complexity index is 795. The summed E-state index contributed by atoms with van der Waals surface area (Å²) < 4.78 is 31.9. The Morgan fingerprint density at radius 1 is 0.893 bits per heavy atom. The number of hydrogen-bond donors (Lipinski definition) is 0. The molecule has 8 nitrogen and oxygen atoms in total. The minimum absolute atomic E-state index is 0.162. The van der Waals surface area contributed by atoms with E-state index in [2.05, 4.69) is 0 Å². The molecule has 9 heteroatoms. The van der Waals surface area contributed by atoms with E-state index in [1.807, 2.05) is 0 Å². The van der Waals surface area contributed by atoms with Gasteiger partial charge in [-0.3, -0.25) is 4.79 Å². The second-order valence-electron chi connectivity index (χ2n) is 6.97. The quantitative estimate of drug-likeness (QED) is 0.756. The smallest absolute Gasteiger partial charge is 0.409 e. The molecule has 0 spiro atoms. The average Bonchev–Trinajstić information content (AvgIpc) is 2.74. The number of carbonyl (C=O) groups excluding carboxylic acids is 2. The Morgan fingerprint density at radius 3 is 2.04 bits per heavy atom. The van der Waals surface area contributed by atoms with Crippen molar-refractivity contribution in [3.8, 4) is 0 Å². The van der Waals surface area contributed by atoms with Gasteiger partial charge in [-0.15, -0.1) is 0 Å². The number of piperidine rings is 1. The number of benzene rings is 1. The summed E-state index contributed by atoms with van der Waals surface area (Å²) in [5.41, 5.74) is 0.446. The molecule has 28 heavy (non-hydrogen) atoms. The molecular formula is C19H27N3O5S. The van der Waals surface area contributed by atoms with Gasteiger partial charge in [-0.1, -0.05) is 6.42 Å². The van der Waals surface area contributed by atoms with E-state index in [1.54, 1.807) is 28.9 Å². The van der Waals surface area contributed by atoms with E-state index in [4.69, 9.17) is 4.74 Å². The molecule has 0 saturated carbocycles. The van der Waals surface area contributed by atoms with Crippen molar-refractivity contribution in [1.29, 1.82) is 0 Å². The van der Waals surface area contributed by atoms with Crippen molar-refractivity contribution in [1.82, 2.24) is 14.1 Å². The van der Waals surface area contributed by atoms with Crippen LogP contribution in [0.3, 0.4) is 0 Å². The molecule has 1 aromatic carbocycles. The number of rotatable bonds is 4. The van der Waals surface area contributed by atoms with Gasteiger partial charge < -0.3 is 14.5 Å². The number of ether oxygens (including phenoxy) is 1. The van der Waals surface area contributed by atoms with Gasteiger partial charge in [0.05, 0.1) is 11.5 Å². The van der Waals surface area contributed by atoms with Gasteiger partial charge in [0.25, 0.3) is 5.91 Å². The summed E-state index contributed by atoms with van der Waals surface area (Å²) in [6, 6.07) is 6.14. The third kappa shape index (κ3) is 4.47. The molecule has 0 aromatic heterocycles. The summed E-state index contributed by atoms with van der Waals surface area (Å²) in [7, 11) is -3.50. The molecular weight excluding hydrogens is 382 g/mol. The minimum Gasteiger partial charge on any atom is -0.450 e. The molecule has 2 fully saturated rings. The number of piperazine rings is 1. The standard InChI is InChI=1S/C19H27N3O5S/c1-2-27-19(24)21-14-12-20(13-15-21)18(23)16-6-8-17(9-7-16)28(25,26)22-10-4-3-5-11-22/h6-9H,2-5,10-15H2,1H3. The summed E-state index contributed by atoms with van der Waals surface area (Å²) in [5, 5.41) is 0. The van der Waals surface area contributed by atoms with Crippen LogP contribution in [-0.4, -0.2) is 80.4 Å². The van der Waals surface area contributed by atoms with E-state index in [0.717, 1.165) is 19.3 Å². The molecule has 0 atom stereocenters. The van der Waals surface area contributed by atoms with Crippen LogP contribution in [0, 0.1) is 0 Å². The van der Waals surface area contributed by atoms with Gasteiger partial charge in [0.2, 0.25) is 10.0 Å². The summed E-state index contributed by atoms with van der Waals surface area (Å²) in [6.45, 7) is 4.87. The second-order valence-corrected chi connectivity index (χ2v) is 8.91. The number of amides is 2. The highest BCUT2D eigenvalue weighted by atomic mass is 32.2. The third-order valence-corrected chi connectivity index (χ3v) is 7.06. The van der Waals surface area contributed by atoms with Gasteiger partial charge >= 0.3 is 6.09 Å². The van der Waals surface area contributed by atoms with Crippen molar-refractivity contribution < 1.29 is 22.7 Å². The van der Waals surface area contributed by atoms with Crippen molar-refractivity contribution in [3.05, 3.63) is 29.8 Å². The number of hydrogen-bond acceptors (Lipinski definition) is 5. The molecule has 0 aliphatic carbocycles. The fraction of sp³-hybridized carbons (Fsp3) is 0.579. The topological polar surface area (TPSA) is 87.2 Å². The average molecular weight is 410 g/mol. The van der Waals surface area contributed by atoms with E-state index in [-0.39, 0.29) is 16.9 Å². The molecule has 2 aliphatic rings. The highest BCUT2D eigenvalue weighted by Crippen LogP contribution is 2.21. The van der Waals surface area contributed by atoms with Crippen LogP contribution in [0.5, 0.6) is 0 Å². The van der Waals surface area contributed by atoms with Crippen molar-refractivity contribution >= 4 is 22.0 Å². The van der Waals surface area contributed by atoms with Crippen molar-refractivity contribution in [2.75, 3.05) is 45.9 Å². The van der Waals surface area contributed by atoms with E-state index >= 15 is 0 Å². The molecule has 2 saturated heterocycles. The van der Waals surface area contributed by atoms with E-state index in [9.17, 15) is 18.0 Å². The number of nitrogens with zero attached hydrogens (tertiary/aromatic N) is 3. The Balaban J connectivity index is 1.62. The fourth-order valence-corrected chi connectivity index (χ4v) is 5.03. The first-order chi connectivity index (χ1) is 13.4. The molecule has 3 rings (SSSR count). The molecule has 0 unspecified atom stereocenters. The number of carbonyl (C=O) groups is 2. The molecule has 1 aromatic rings. The van der Waals surface area contributed by atoms with Gasteiger partial charge in [0, 0.05) is 44.8 Å². The lowest BCUT2D eigenvalue weighted by Gasteiger charge is -2.34. The van der Waals surface area contributed by atoms with Crippen LogP contribution in [0.15, 0.2) is 29.2 Å². The Hall–Kier alpha value is -2.13. The zero-order valence-electron chi connectivity index (χ0n) is 16.2. The van der Waals surface area contributed by atoms with Crippen LogP contribution < -0.4 is 0 Å². The minimum atomic E-state index is -3.50.